The lowest BCUT2D eigenvalue weighted by atomic mass is 9.64. The SMILES string of the molecule is CC(C)CN1C(=O)NC(=N)C12CC(C)CCC2C(C)C. The molecule has 1 saturated carbocycles. The Labute approximate surface area is 122 Å². The van der Waals surface area contributed by atoms with Gasteiger partial charge in [-0.25, -0.2) is 4.79 Å². The van der Waals surface area contributed by atoms with Crippen molar-refractivity contribution < 1.29 is 4.79 Å². The van der Waals surface area contributed by atoms with Crippen molar-refractivity contribution in [3.63, 3.8) is 0 Å². The summed E-state index contributed by atoms with van der Waals surface area (Å²) in [6.07, 6.45) is 3.26. The van der Waals surface area contributed by atoms with Crippen LogP contribution in [0.2, 0.25) is 0 Å². The van der Waals surface area contributed by atoms with E-state index in [0.717, 1.165) is 19.4 Å². The first-order valence-electron chi connectivity index (χ1n) is 7.96. The summed E-state index contributed by atoms with van der Waals surface area (Å²) in [5, 5.41) is 11.2. The van der Waals surface area contributed by atoms with Gasteiger partial charge in [0.2, 0.25) is 0 Å². The second kappa shape index (κ2) is 5.38. The molecule has 1 heterocycles. The van der Waals surface area contributed by atoms with Gasteiger partial charge in [-0.3, -0.25) is 10.7 Å². The van der Waals surface area contributed by atoms with Gasteiger partial charge in [-0.1, -0.05) is 41.0 Å². The summed E-state index contributed by atoms with van der Waals surface area (Å²) in [6, 6.07) is -0.0662. The summed E-state index contributed by atoms with van der Waals surface area (Å²) in [5.41, 5.74) is -0.382. The highest BCUT2D eigenvalue weighted by molar-refractivity contribution is 6.08. The van der Waals surface area contributed by atoms with Crippen molar-refractivity contribution in [2.75, 3.05) is 6.54 Å². The lowest BCUT2D eigenvalue weighted by Gasteiger charge is -2.50. The minimum atomic E-state index is -0.382. The molecule has 1 aliphatic carbocycles. The Kier molecular flexibility index (Phi) is 4.12. The number of rotatable bonds is 3. The van der Waals surface area contributed by atoms with Gasteiger partial charge in [-0.15, -0.1) is 0 Å². The summed E-state index contributed by atoms with van der Waals surface area (Å²) in [5.74, 6) is 2.32. The second-order valence-corrected chi connectivity index (χ2v) is 7.47. The molecule has 0 aromatic carbocycles. The molecular weight excluding hydrogens is 250 g/mol. The van der Waals surface area contributed by atoms with Crippen LogP contribution in [0.5, 0.6) is 0 Å². The van der Waals surface area contributed by atoms with Crippen LogP contribution in [0.4, 0.5) is 4.79 Å². The van der Waals surface area contributed by atoms with Gasteiger partial charge >= 0.3 is 6.03 Å². The minimum absolute atomic E-state index is 0.0662. The molecule has 2 rings (SSSR count). The Morgan fingerprint density at radius 1 is 1.35 bits per heavy atom. The zero-order valence-electron chi connectivity index (χ0n) is 13.5. The molecule has 20 heavy (non-hydrogen) atoms. The lowest BCUT2D eigenvalue weighted by molar-refractivity contribution is 0.0459. The van der Waals surface area contributed by atoms with Gasteiger partial charge < -0.3 is 4.90 Å². The molecule has 1 saturated heterocycles. The number of hydrogen-bond acceptors (Lipinski definition) is 2. The Bertz CT molecular complexity index is 405. The molecule has 3 unspecified atom stereocenters. The normalized spacial score (nSPS) is 34.5. The summed E-state index contributed by atoms with van der Waals surface area (Å²) >= 11 is 0. The van der Waals surface area contributed by atoms with E-state index in [0.29, 0.717) is 29.5 Å². The number of hydrogen-bond donors (Lipinski definition) is 2. The number of carbonyl (C=O) groups excluding carboxylic acids is 1. The van der Waals surface area contributed by atoms with Crippen LogP contribution < -0.4 is 5.32 Å². The highest BCUT2D eigenvalue weighted by atomic mass is 16.2. The number of amidine groups is 1. The van der Waals surface area contributed by atoms with Crippen LogP contribution >= 0.6 is 0 Å². The summed E-state index contributed by atoms with van der Waals surface area (Å²) < 4.78 is 0. The van der Waals surface area contributed by atoms with Crippen LogP contribution in [0, 0.1) is 29.1 Å². The maximum Gasteiger partial charge on any atom is 0.323 e. The fraction of sp³-hybridized carbons (Fsp3) is 0.875. The quantitative estimate of drug-likeness (QED) is 0.816. The molecule has 2 amide bonds. The van der Waals surface area contributed by atoms with Crippen LogP contribution in [-0.2, 0) is 0 Å². The van der Waals surface area contributed by atoms with E-state index < -0.39 is 0 Å². The molecular formula is C16H29N3O. The van der Waals surface area contributed by atoms with Crippen molar-refractivity contribution in [3.8, 4) is 0 Å². The van der Waals surface area contributed by atoms with Crippen molar-refractivity contribution in [2.24, 2.45) is 23.7 Å². The predicted octanol–water partition coefficient (Wildman–Crippen LogP) is 3.48. The number of urea groups is 1. The fourth-order valence-corrected chi connectivity index (χ4v) is 4.18. The van der Waals surface area contributed by atoms with Crippen molar-refractivity contribution in [1.29, 1.82) is 5.41 Å². The molecule has 1 aliphatic heterocycles. The van der Waals surface area contributed by atoms with Crippen LogP contribution in [0.25, 0.3) is 0 Å². The van der Waals surface area contributed by atoms with Gasteiger partial charge in [0, 0.05) is 6.54 Å². The van der Waals surface area contributed by atoms with Crippen molar-refractivity contribution in [1.82, 2.24) is 10.2 Å². The minimum Gasteiger partial charge on any atom is -0.311 e. The molecule has 0 aromatic heterocycles. The van der Waals surface area contributed by atoms with Crippen molar-refractivity contribution in [2.45, 2.75) is 59.4 Å². The van der Waals surface area contributed by atoms with Crippen LogP contribution in [0.3, 0.4) is 0 Å². The van der Waals surface area contributed by atoms with E-state index in [-0.39, 0.29) is 11.6 Å². The third kappa shape index (κ3) is 2.33. The smallest absolute Gasteiger partial charge is 0.311 e. The molecule has 2 aliphatic rings. The first-order chi connectivity index (χ1) is 9.29. The topological polar surface area (TPSA) is 56.2 Å². The van der Waals surface area contributed by atoms with E-state index in [1.807, 2.05) is 4.90 Å². The third-order valence-electron chi connectivity index (χ3n) is 4.99. The predicted molar refractivity (Wildman–Crippen MR) is 81.9 cm³/mol. The Hall–Kier alpha value is -1.06. The third-order valence-corrected chi connectivity index (χ3v) is 4.99. The highest BCUT2D eigenvalue weighted by Gasteiger charge is 2.57. The Morgan fingerprint density at radius 2 is 2.00 bits per heavy atom. The molecule has 2 N–H and O–H groups in total. The van der Waals surface area contributed by atoms with E-state index in [4.69, 9.17) is 5.41 Å². The van der Waals surface area contributed by atoms with Crippen LogP contribution in [0.1, 0.15) is 53.9 Å². The molecule has 1 spiro atoms. The van der Waals surface area contributed by atoms with Gasteiger partial charge in [0.15, 0.2) is 0 Å². The summed E-state index contributed by atoms with van der Waals surface area (Å²) in [4.78, 5) is 14.3. The molecule has 4 nitrogen and oxygen atoms in total. The van der Waals surface area contributed by atoms with Gasteiger partial charge in [-0.05, 0) is 36.5 Å². The van der Waals surface area contributed by atoms with Gasteiger partial charge in [0.1, 0.15) is 11.4 Å². The van der Waals surface area contributed by atoms with Gasteiger partial charge in [0.05, 0.1) is 0 Å². The first kappa shape index (κ1) is 15.3. The van der Waals surface area contributed by atoms with Crippen LogP contribution in [0.15, 0.2) is 0 Å². The average Bonchev–Trinajstić information content (AvgIpc) is 2.53. The molecule has 0 aromatic rings. The Morgan fingerprint density at radius 3 is 2.55 bits per heavy atom. The van der Waals surface area contributed by atoms with E-state index in [9.17, 15) is 4.79 Å². The lowest BCUT2D eigenvalue weighted by Crippen LogP contribution is -2.59. The zero-order valence-corrected chi connectivity index (χ0v) is 13.5. The number of nitrogens with zero attached hydrogens (tertiary/aromatic N) is 1. The number of amides is 2. The van der Waals surface area contributed by atoms with Crippen molar-refractivity contribution >= 4 is 11.9 Å². The molecule has 0 radical (unpaired) electrons. The molecule has 0 bridgehead atoms. The Balaban J connectivity index is 2.43. The van der Waals surface area contributed by atoms with Gasteiger partial charge in [0.25, 0.3) is 0 Å². The average molecular weight is 279 g/mol. The standard InChI is InChI=1S/C16H29N3O/c1-10(2)9-19-15(20)18-14(17)16(19)8-12(5)6-7-13(16)11(3)4/h10-13H,6-9H2,1-5H3,(H2,17,18,20). The van der Waals surface area contributed by atoms with E-state index in [2.05, 4.69) is 39.9 Å². The van der Waals surface area contributed by atoms with Gasteiger partial charge in [-0.2, -0.15) is 0 Å². The maximum absolute atomic E-state index is 12.3. The first-order valence-corrected chi connectivity index (χ1v) is 7.96. The van der Waals surface area contributed by atoms with E-state index >= 15 is 0 Å². The van der Waals surface area contributed by atoms with E-state index in [1.165, 1.54) is 6.42 Å². The highest BCUT2D eigenvalue weighted by Crippen LogP contribution is 2.47. The molecule has 2 fully saturated rings. The van der Waals surface area contributed by atoms with Crippen LogP contribution in [-0.4, -0.2) is 28.9 Å². The molecule has 3 atom stereocenters. The molecule has 4 heteroatoms. The monoisotopic (exact) mass is 279 g/mol. The second-order valence-electron chi connectivity index (χ2n) is 7.47. The fourth-order valence-electron chi connectivity index (χ4n) is 4.18. The molecule has 114 valence electrons. The van der Waals surface area contributed by atoms with Crippen molar-refractivity contribution in [3.05, 3.63) is 0 Å². The largest absolute Gasteiger partial charge is 0.323 e. The summed E-state index contributed by atoms with van der Waals surface area (Å²) in [6.45, 7) is 11.7. The van der Waals surface area contributed by atoms with E-state index in [1.54, 1.807) is 0 Å². The zero-order chi connectivity index (χ0) is 15.1. The summed E-state index contributed by atoms with van der Waals surface area (Å²) in [7, 11) is 0. The maximum atomic E-state index is 12.3. The number of nitrogens with one attached hydrogen (secondary N) is 2. The number of carbonyl (C=O) groups is 1.